The molecule has 3 rings (SSSR count). The second-order valence-corrected chi connectivity index (χ2v) is 7.29. The molecule has 25 heavy (non-hydrogen) atoms. The average molecular weight is 398 g/mol. The number of amides is 1. The fraction of sp³-hybridized carbons (Fsp3) is 0.278. The molecule has 1 atom stereocenters. The second-order valence-electron chi connectivity index (χ2n) is 5.49. The van der Waals surface area contributed by atoms with E-state index in [1.54, 1.807) is 18.2 Å². The van der Waals surface area contributed by atoms with E-state index in [2.05, 4.69) is 5.32 Å². The zero-order chi connectivity index (χ0) is 17.6. The van der Waals surface area contributed by atoms with E-state index in [-0.39, 0.29) is 12.0 Å². The molecule has 0 unspecified atom stereocenters. The van der Waals surface area contributed by atoms with E-state index < -0.39 is 0 Å². The fourth-order valence-corrected chi connectivity index (χ4v) is 3.95. The van der Waals surface area contributed by atoms with Crippen LogP contribution in [-0.2, 0) is 10.5 Å². The summed E-state index contributed by atoms with van der Waals surface area (Å²) in [5, 5.41) is 4.10. The van der Waals surface area contributed by atoms with Gasteiger partial charge in [-0.05, 0) is 29.8 Å². The molecule has 1 heterocycles. The van der Waals surface area contributed by atoms with E-state index in [4.69, 9.17) is 32.7 Å². The van der Waals surface area contributed by atoms with Gasteiger partial charge in [-0.15, -0.1) is 11.8 Å². The normalized spacial score (nSPS) is 15.7. The van der Waals surface area contributed by atoms with Crippen molar-refractivity contribution >= 4 is 40.9 Å². The first-order valence-corrected chi connectivity index (χ1v) is 9.70. The Morgan fingerprint density at radius 3 is 2.60 bits per heavy atom. The van der Waals surface area contributed by atoms with Gasteiger partial charge < -0.3 is 14.8 Å². The number of ether oxygens (including phenoxy) is 2. The van der Waals surface area contributed by atoms with E-state index in [1.807, 2.05) is 24.3 Å². The van der Waals surface area contributed by atoms with Crippen LogP contribution in [0.3, 0.4) is 0 Å². The maximum absolute atomic E-state index is 12.0. The number of hydrogen-bond acceptors (Lipinski definition) is 4. The summed E-state index contributed by atoms with van der Waals surface area (Å²) in [5.41, 5.74) is 0.851. The molecule has 2 aromatic rings. The summed E-state index contributed by atoms with van der Waals surface area (Å²) in [6.45, 7) is 0.820. The summed E-state index contributed by atoms with van der Waals surface area (Å²) in [6.07, 6.45) is -0.193. The van der Waals surface area contributed by atoms with Crippen molar-refractivity contribution < 1.29 is 14.3 Å². The third-order valence-corrected chi connectivity index (χ3v) is 5.30. The van der Waals surface area contributed by atoms with E-state index in [9.17, 15) is 4.79 Å². The zero-order valence-electron chi connectivity index (χ0n) is 13.3. The van der Waals surface area contributed by atoms with Crippen molar-refractivity contribution in [1.29, 1.82) is 0 Å². The van der Waals surface area contributed by atoms with Gasteiger partial charge in [-0.2, -0.15) is 0 Å². The number of hydrogen-bond donors (Lipinski definition) is 1. The Morgan fingerprint density at radius 2 is 1.84 bits per heavy atom. The molecule has 0 radical (unpaired) electrons. The Kier molecular flexibility index (Phi) is 6.34. The highest BCUT2D eigenvalue weighted by Crippen LogP contribution is 2.31. The van der Waals surface area contributed by atoms with Crippen molar-refractivity contribution in [1.82, 2.24) is 5.32 Å². The molecule has 0 aliphatic carbocycles. The number of para-hydroxylation sites is 2. The van der Waals surface area contributed by atoms with Crippen LogP contribution in [0.5, 0.6) is 11.5 Å². The molecule has 7 heteroatoms. The molecule has 132 valence electrons. The quantitative estimate of drug-likeness (QED) is 0.793. The van der Waals surface area contributed by atoms with Crippen molar-refractivity contribution in [2.45, 2.75) is 11.9 Å². The molecule has 1 N–H and O–H groups in total. The number of thioether (sulfide) groups is 1. The van der Waals surface area contributed by atoms with Gasteiger partial charge in [0.05, 0.1) is 12.3 Å². The molecule has 0 spiro atoms. The number of benzene rings is 2. The molecule has 0 saturated heterocycles. The molecule has 1 aliphatic heterocycles. The van der Waals surface area contributed by atoms with Gasteiger partial charge in [0.25, 0.3) is 0 Å². The summed E-state index contributed by atoms with van der Waals surface area (Å²) < 4.78 is 11.4. The topological polar surface area (TPSA) is 47.6 Å². The van der Waals surface area contributed by atoms with Crippen molar-refractivity contribution in [3.63, 3.8) is 0 Å². The van der Waals surface area contributed by atoms with Crippen molar-refractivity contribution in [3.05, 3.63) is 58.1 Å². The molecular weight excluding hydrogens is 381 g/mol. The fourth-order valence-electron chi connectivity index (χ4n) is 2.36. The Morgan fingerprint density at radius 1 is 1.12 bits per heavy atom. The molecule has 4 nitrogen and oxygen atoms in total. The van der Waals surface area contributed by atoms with E-state index in [0.717, 1.165) is 11.3 Å². The maximum atomic E-state index is 12.0. The van der Waals surface area contributed by atoms with Crippen LogP contribution < -0.4 is 14.8 Å². The predicted octanol–water partition coefficient (Wildman–Crippen LogP) is 4.18. The van der Waals surface area contributed by atoms with Gasteiger partial charge in [0.1, 0.15) is 12.7 Å². The van der Waals surface area contributed by atoms with Gasteiger partial charge in [0.2, 0.25) is 5.91 Å². The second kappa shape index (κ2) is 8.70. The van der Waals surface area contributed by atoms with Crippen LogP contribution in [0.25, 0.3) is 0 Å². The van der Waals surface area contributed by atoms with Crippen LogP contribution in [0.4, 0.5) is 0 Å². The lowest BCUT2D eigenvalue weighted by Gasteiger charge is -2.26. The number of carbonyl (C=O) groups excluding carboxylic acids is 1. The first kappa shape index (κ1) is 18.2. The van der Waals surface area contributed by atoms with Gasteiger partial charge in [0.15, 0.2) is 11.5 Å². The molecule has 1 aliphatic rings. The van der Waals surface area contributed by atoms with Gasteiger partial charge in [-0.3, -0.25) is 4.79 Å². The molecule has 0 saturated carbocycles. The average Bonchev–Trinajstić information content (AvgIpc) is 2.62. The Bertz CT molecular complexity index is 737. The summed E-state index contributed by atoms with van der Waals surface area (Å²) in [6, 6.07) is 12.9. The lowest BCUT2D eigenvalue weighted by Crippen LogP contribution is -2.41. The lowest BCUT2D eigenvalue weighted by molar-refractivity contribution is -0.119. The molecule has 0 bridgehead atoms. The number of halogens is 2. The van der Waals surface area contributed by atoms with Crippen molar-refractivity contribution in [2.24, 2.45) is 0 Å². The monoisotopic (exact) mass is 397 g/mol. The van der Waals surface area contributed by atoms with Crippen LogP contribution in [0.1, 0.15) is 5.56 Å². The molecular formula is C18H17Cl2NO3S. The van der Waals surface area contributed by atoms with Crippen LogP contribution in [0.2, 0.25) is 10.0 Å². The first-order valence-electron chi connectivity index (χ1n) is 7.79. The summed E-state index contributed by atoms with van der Waals surface area (Å²) in [5.74, 6) is 2.29. The van der Waals surface area contributed by atoms with Crippen LogP contribution >= 0.6 is 35.0 Å². The summed E-state index contributed by atoms with van der Waals surface area (Å²) in [4.78, 5) is 12.0. The third kappa shape index (κ3) is 4.97. The predicted molar refractivity (Wildman–Crippen MR) is 102 cm³/mol. The van der Waals surface area contributed by atoms with E-state index in [1.165, 1.54) is 11.8 Å². The molecule has 0 fully saturated rings. The maximum Gasteiger partial charge on any atom is 0.230 e. The summed E-state index contributed by atoms with van der Waals surface area (Å²) >= 11 is 13.7. The van der Waals surface area contributed by atoms with Gasteiger partial charge >= 0.3 is 0 Å². The van der Waals surface area contributed by atoms with Crippen molar-refractivity contribution in [2.75, 3.05) is 18.9 Å². The number of carbonyl (C=O) groups is 1. The Balaban J connectivity index is 1.40. The van der Waals surface area contributed by atoms with Crippen molar-refractivity contribution in [3.8, 4) is 11.5 Å². The Labute approximate surface area is 160 Å². The van der Waals surface area contributed by atoms with Crippen LogP contribution in [0.15, 0.2) is 42.5 Å². The lowest BCUT2D eigenvalue weighted by atomic mass is 10.2. The number of nitrogens with one attached hydrogen (secondary N) is 1. The highest BCUT2D eigenvalue weighted by atomic mass is 35.5. The van der Waals surface area contributed by atoms with Crippen LogP contribution in [0, 0.1) is 0 Å². The minimum Gasteiger partial charge on any atom is -0.486 e. The summed E-state index contributed by atoms with van der Waals surface area (Å²) in [7, 11) is 0. The SMILES string of the molecule is O=C(CSCc1c(Cl)cccc1Cl)NC[C@H]1COc2ccccc2O1. The van der Waals surface area contributed by atoms with Gasteiger partial charge in [-0.25, -0.2) is 0 Å². The van der Waals surface area contributed by atoms with Crippen LogP contribution in [-0.4, -0.2) is 30.9 Å². The molecule has 2 aromatic carbocycles. The largest absolute Gasteiger partial charge is 0.486 e. The minimum atomic E-state index is -0.193. The smallest absolute Gasteiger partial charge is 0.230 e. The minimum absolute atomic E-state index is 0.0596. The highest BCUT2D eigenvalue weighted by Gasteiger charge is 2.21. The first-order chi connectivity index (χ1) is 12.1. The van der Waals surface area contributed by atoms with Gasteiger partial charge in [-0.1, -0.05) is 41.4 Å². The molecule has 1 amide bonds. The van der Waals surface area contributed by atoms with E-state index >= 15 is 0 Å². The molecule has 0 aromatic heterocycles. The standard InChI is InChI=1S/C18H17Cl2NO3S/c19-14-4-3-5-15(20)13(14)10-25-11-18(22)21-8-12-9-23-16-6-1-2-7-17(16)24-12/h1-7,12H,8-11H2,(H,21,22)/t12-/m0/s1. The van der Waals surface area contributed by atoms with E-state index in [0.29, 0.717) is 40.5 Å². The number of fused-ring (bicyclic) bond motifs is 1. The van der Waals surface area contributed by atoms with Gasteiger partial charge in [0, 0.05) is 15.8 Å². The third-order valence-electron chi connectivity index (χ3n) is 3.64. The highest BCUT2D eigenvalue weighted by molar-refractivity contribution is 7.99. The Hall–Kier alpha value is -1.56. The number of rotatable bonds is 6. The zero-order valence-corrected chi connectivity index (χ0v) is 15.7.